The quantitative estimate of drug-likeness (QED) is 0.916. The van der Waals surface area contributed by atoms with E-state index in [4.69, 9.17) is 0 Å². The van der Waals surface area contributed by atoms with E-state index in [2.05, 4.69) is 17.2 Å². The Morgan fingerprint density at radius 2 is 2.08 bits per heavy atom. The zero-order valence-electron chi connectivity index (χ0n) is 15.2. The van der Waals surface area contributed by atoms with Gasteiger partial charge in [0.2, 0.25) is 0 Å². The van der Waals surface area contributed by atoms with Crippen molar-refractivity contribution in [2.24, 2.45) is 0 Å². The summed E-state index contributed by atoms with van der Waals surface area (Å²) in [6.45, 7) is 6.13. The minimum atomic E-state index is -0.00587. The summed E-state index contributed by atoms with van der Waals surface area (Å²) >= 11 is 0. The second kappa shape index (κ2) is 7.85. The SMILES string of the molecule is CCC1CCCCN1C(=O)NC1CCN(C(=O)c2ccc(C)nc2)C1. The van der Waals surface area contributed by atoms with E-state index in [1.165, 1.54) is 6.42 Å². The van der Waals surface area contributed by atoms with Crippen LogP contribution in [0.4, 0.5) is 4.79 Å². The number of hydrogen-bond donors (Lipinski definition) is 1. The number of likely N-dealkylation sites (tertiary alicyclic amines) is 2. The van der Waals surface area contributed by atoms with E-state index in [9.17, 15) is 9.59 Å². The van der Waals surface area contributed by atoms with Crippen molar-refractivity contribution in [3.8, 4) is 0 Å². The molecule has 136 valence electrons. The maximum absolute atomic E-state index is 12.6. The van der Waals surface area contributed by atoms with E-state index < -0.39 is 0 Å². The standard InChI is InChI=1S/C19H28N4O2/c1-3-17-6-4-5-10-23(17)19(25)21-16-9-11-22(13-16)18(24)15-8-7-14(2)20-12-15/h7-8,12,16-17H,3-6,9-11,13H2,1-2H3,(H,21,25). The van der Waals surface area contributed by atoms with Crippen LogP contribution in [-0.2, 0) is 0 Å². The summed E-state index contributed by atoms with van der Waals surface area (Å²) in [5.74, 6) is -0.00587. The Hall–Kier alpha value is -2.11. The van der Waals surface area contributed by atoms with Gasteiger partial charge in [0.15, 0.2) is 0 Å². The molecule has 0 aliphatic carbocycles. The topological polar surface area (TPSA) is 65.5 Å². The van der Waals surface area contributed by atoms with Gasteiger partial charge in [0, 0.05) is 43.6 Å². The highest BCUT2D eigenvalue weighted by Crippen LogP contribution is 2.20. The molecule has 0 saturated carbocycles. The molecule has 6 nitrogen and oxygen atoms in total. The van der Waals surface area contributed by atoms with Crippen LogP contribution >= 0.6 is 0 Å². The van der Waals surface area contributed by atoms with Gasteiger partial charge in [0.1, 0.15) is 0 Å². The van der Waals surface area contributed by atoms with Gasteiger partial charge in [-0.05, 0) is 51.2 Å². The van der Waals surface area contributed by atoms with E-state index >= 15 is 0 Å². The van der Waals surface area contributed by atoms with Crippen molar-refractivity contribution in [3.63, 3.8) is 0 Å². The zero-order valence-corrected chi connectivity index (χ0v) is 15.2. The van der Waals surface area contributed by atoms with Crippen molar-refractivity contribution in [3.05, 3.63) is 29.6 Å². The van der Waals surface area contributed by atoms with Gasteiger partial charge in [0.25, 0.3) is 5.91 Å². The van der Waals surface area contributed by atoms with Crippen LogP contribution in [0.25, 0.3) is 0 Å². The molecule has 1 aromatic heterocycles. The van der Waals surface area contributed by atoms with Crippen LogP contribution in [0, 0.1) is 6.92 Å². The smallest absolute Gasteiger partial charge is 0.317 e. The first-order chi connectivity index (χ1) is 12.1. The Labute approximate surface area is 149 Å². The molecule has 2 unspecified atom stereocenters. The van der Waals surface area contributed by atoms with Gasteiger partial charge in [0.05, 0.1) is 5.56 Å². The number of urea groups is 1. The third-order valence-electron chi connectivity index (χ3n) is 5.32. The Morgan fingerprint density at radius 3 is 2.80 bits per heavy atom. The molecule has 1 aromatic rings. The van der Waals surface area contributed by atoms with E-state index in [0.29, 0.717) is 24.7 Å². The highest BCUT2D eigenvalue weighted by atomic mass is 16.2. The number of carbonyl (C=O) groups is 2. The lowest BCUT2D eigenvalue weighted by atomic mass is 10.0. The first kappa shape index (κ1) is 17.7. The number of hydrogen-bond acceptors (Lipinski definition) is 3. The molecule has 6 heteroatoms. The van der Waals surface area contributed by atoms with Crippen LogP contribution < -0.4 is 5.32 Å². The molecule has 0 bridgehead atoms. The van der Waals surface area contributed by atoms with Crippen LogP contribution in [0.3, 0.4) is 0 Å². The fourth-order valence-electron chi connectivity index (χ4n) is 3.79. The second-order valence-electron chi connectivity index (χ2n) is 7.13. The van der Waals surface area contributed by atoms with Gasteiger partial charge >= 0.3 is 6.03 Å². The third-order valence-corrected chi connectivity index (χ3v) is 5.32. The van der Waals surface area contributed by atoms with Gasteiger partial charge in [-0.2, -0.15) is 0 Å². The summed E-state index contributed by atoms with van der Waals surface area (Å²) < 4.78 is 0. The summed E-state index contributed by atoms with van der Waals surface area (Å²) in [5.41, 5.74) is 1.51. The summed E-state index contributed by atoms with van der Waals surface area (Å²) in [6.07, 6.45) is 6.82. The Balaban J connectivity index is 1.54. The van der Waals surface area contributed by atoms with Crippen LogP contribution in [0.15, 0.2) is 18.3 Å². The van der Waals surface area contributed by atoms with Gasteiger partial charge in [-0.15, -0.1) is 0 Å². The number of pyridine rings is 1. The lowest BCUT2D eigenvalue weighted by molar-refractivity contribution is 0.0787. The highest BCUT2D eigenvalue weighted by Gasteiger charge is 2.31. The largest absolute Gasteiger partial charge is 0.336 e. The second-order valence-corrected chi connectivity index (χ2v) is 7.13. The molecule has 25 heavy (non-hydrogen) atoms. The van der Waals surface area contributed by atoms with Crippen LogP contribution in [0.1, 0.15) is 55.1 Å². The minimum Gasteiger partial charge on any atom is -0.336 e. The van der Waals surface area contributed by atoms with E-state index in [0.717, 1.165) is 37.9 Å². The van der Waals surface area contributed by atoms with E-state index in [1.807, 2.05) is 28.9 Å². The van der Waals surface area contributed by atoms with Crippen molar-refractivity contribution in [2.75, 3.05) is 19.6 Å². The molecule has 2 fully saturated rings. The van der Waals surface area contributed by atoms with Gasteiger partial charge in [-0.3, -0.25) is 9.78 Å². The molecule has 3 heterocycles. The maximum atomic E-state index is 12.6. The molecule has 1 N–H and O–H groups in total. The number of rotatable bonds is 3. The molecular formula is C19H28N4O2. The minimum absolute atomic E-state index is 0.00587. The Morgan fingerprint density at radius 1 is 1.24 bits per heavy atom. The van der Waals surface area contributed by atoms with Crippen molar-refractivity contribution < 1.29 is 9.59 Å². The van der Waals surface area contributed by atoms with Crippen LogP contribution in [0.2, 0.25) is 0 Å². The highest BCUT2D eigenvalue weighted by molar-refractivity contribution is 5.94. The lowest BCUT2D eigenvalue weighted by Crippen LogP contribution is -2.51. The Kier molecular flexibility index (Phi) is 5.56. The van der Waals surface area contributed by atoms with Crippen molar-refractivity contribution in [1.82, 2.24) is 20.1 Å². The van der Waals surface area contributed by atoms with Gasteiger partial charge in [-0.25, -0.2) is 4.79 Å². The fraction of sp³-hybridized carbons (Fsp3) is 0.632. The number of nitrogens with zero attached hydrogens (tertiary/aromatic N) is 3. The Bertz CT molecular complexity index is 616. The normalized spacial score (nSPS) is 23.6. The number of aromatic nitrogens is 1. The average Bonchev–Trinajstić information content (AvgIpc) is 3.10. The van der Waals surface area contributed by atoms with Gasteiger partial charge in [-0.1, -0.05) is 6.92 Å². The van der Waals surface area contributed by atoms with Crippen LogP contribution in [0.5, 0.6) is 0 Å². The molecule has 0 spiro atoms. The monoisotopic (exact) mass is 344 g/mol. The van der Waals surface area contributed by atoms with Crippen LogP contribution in [-0.4, -0.2) is 58.4 Å². The first-order valence-electron chi connectivity index (χ1n) is 9.37. The molecule has 3 amide bonds. The number of carbonyl (C=O) groups excluding carboxylic acids is 2. The van der Waals surface area contributed by atoms with E-state index in [1.54, 1.807) is 6.20 Å². The summed E-state index contributed by atoms with van der Waals surface area (Å²) in [7, 11) is 0. The summed E-state index contributed by atoms with van der Waals surface area (Å²) in [4.78, 5) is 33.1. The molecule has 0 radical (unpaired) electrons. The van der Waals surface area contributed by atoms with Crippen molar-refractivity contribution >= 4 is 11.9 Å². The molecule has 2 aliphatic heterocycles. The average molecular weight is 344 g/mol. The number of piperidine rings is 1. The van der Waals surface area contributed by atoms with Crippen molar-refractivity contribution in [1.29, 1.82) is 0 Å². The predicted octanol–water partition coefficient (Wildman–Crippen LogP) is 2.58. The molecule has 2 aliphatic rings. The molecular weight excluding hydrogens is 316 g/mol. The maximum Gasteiger partial charge on any atom is 0.317 e. The zero-order chi connectivity index (χ0) is 17.8. The van der Waals surface area contributed by atoms with E-state index in [-0.39, 0.29) is 18.0 Å². The van der Waals surface area contributed by atoms with Crippen molar-refractivity contribution in [2.45, 2.75) is 58.0 Å². The number of nitrogens with one attached hydrogen (secondary N) is 1. The summed E-state index contributed by atoms with van der Waals surface area (Å²) in [5, 5.41) is 3.14. The fourth-order valence-corrected chi connectivity index (χ4v) is 3.79. The van der Waals surface area contributed by atoms with Gasteiger partial charge < -0.3 is 15.1 Å². The predicted molar refractivity (Wildman–Crippen MR) is 96.5 cm³/mol. The number of amides is 3. The lowest BCUT2D eigenvalue weighted by Gasteiger charge is -2.36. The number of aryl methyl sites for hydroxylation is 1. The summed E-state index contributed by atoms with van der Waals surface area (Å²) in [6, 6.07) is 4.09. The molecule has 2 saturated heterocycles. The molecule has 0 aromatic carbocycles. The molecule has 3 rings (SSSR count). The third kappa shape index (κ3) is 4.11. The molecule has 2 atom stereocenters. The first-order valence-corrected chi connectivity index (χ1v) is 9.37.